The Morgan fingerprint density at radius 3 is 2.70 bits per heavy atom. The molecule has 5 nitrogen and oxygen atoms in total. The van der Waals surface area contributed by atoms with Crippen LogP contribution in [0.15, 0.2) is 34.7 Å². The molecular formula is C15H19NO4. The van der Waals surface area contributed by atoms with Gasteiger partial charge < -0.3 is 24.3 Å². The lowest BCUT2D eigenvalue weighted by Gasteiger charge is -2.12. The molecule has 0 fully saturated rings. The van der Waals surface area contributed by atoms with Crippen LogP contribution in [0.3, 0.4) is 0 Å². The average molecular weight is 277 g/mol. The van der Waals surface area contributed by atoms with Crippen molar-refractivity contribution in [3.8, 4) is 11.5 Å². The zero-order valence-corrected chi connectivity index (χ0v) is 11.7. The summed E-state index contributed by atoms with van der Waals surface area (Å²) in [7, 11) is 1.58. The van der Waals surface area contributed by atoms with Gasteiger partial charge in [0.2, 0.25) is 0 Å². The molecule has 0 atom stereocenters. The molecule has 0 spiro atoms. The van der Waals surface area contributed by atoms with Crippen molar-refractivity contribution in [2.24, 2.45) is 0 Å². The van der Waals surface area contributed by atoms with E-state index in [1.807, 2.05) is 37.3 Å². The van der Waals surface area contributed by atoms with Crippen molar-refractivity contribution >= 4 is 5.69 Å². The normalized spacial score (nSPS) is 10.3. The van der Waals surface area contributed by atoms with E-state index in [4.69, 9.17) is 19.0 Å². The van der Waals surface area contributed by atoms with Crippen LogP contribution in [-0.4, -0.2) is 25.4 Å². The van der Waals surface area contributed by atoms with Gasteiger partial charge in [-0.1, -0.05) is 0 Å². The summed E-state index contributed by atoms with van der Waals surface area (Å²) in [5, 5.41) is 12.1. The molecule has 1 aromatic carbocycles. The fourth-order valence-corrected chi connectivity index (χ4v) is 1.82. The van der Waals surface area contributed by atoms with E-state index in [0.717, 1.165) is 17.2 Å². The Balaban J connectivity index is 2.03. The maximum absolute atomic E-state index is 8.82. The van der Waals surface area contributed by atoms with Gasteiger partial charge in [0.1, 0.15) is 18.1 Å². The van der Waals surface area contributed by atoms with Crippen LogP contribution >= 0.6 is 0 Å². The molecule has 0 aliphatic carbocycles. The Morgan fingerprint density at radius 2 is 2.05 bits per heavy atom. The molecular weight excluding hydrogens is 258 g/mol. The van der Waals surface area contributed by atoms with Gasteiger partial charge in [0, 0.05) is 11.8 Å². The molecule has 0 radical (unpaired) electrons. The Kier molecular flexibility index (Phi) is 4.90. The smallest absolute Gasteiger partial charge is 0.163 e. The molecule has 0 saturated carbocycles. The van der Waals surface area contributed by atoms with Gasteiger partial charge in [-0.15, -0.1) is 0 Å². The number of benzene rings is 1. The third kappa shape index (κ3) is 3.68. The third-order valence-electron chi connectivity index (χ3n) is 2.78. The number of aliphatic hydroxyl groups is 1. The highest BCUT2D eigenvalue weighted by molar-refractivity contribution is 5.54. The molecule has 0 amide bonds. The summed E-state index contributed by atoms with van der Waals surface area (Å²) in [6.45, 7) is 2.71. The van der Waals surface area contributed by atoms with E-state index in [-0.39, 0.29) is 13.2 Å². The summed E-state index contributed by atoms with van der Waals surface area (Å²) in [4.78, 5) is 0. The zero-order chi connectivity index (χ0) is 14.4. The first-order valence-electron chi connectivity index (χ1n) is 6.44. The van der Waals surface area contributed by atoms with Crippen LogP contribution in [-0.2, 0) is 6.54 Å². The lowest BCUT2D eigenvalue weighted by Crippen LogP contribution is -2.04. The number of furan rings is 1. The van der Waals surface area contributed by atoms with Crippen molar-refractivity contribution in [1.82, 2.24) is 0 Å². The van der Waals surface area contributed by atoms with E-state index in [1.165, 1.54) is 0 Å². The highest BCUT2D eigenvalue weighted by atomic mass is 16.5. The number of anilines is 1. The summed E-state index contributed by atoms with van der Waals surface area (Å²) in [6.07, 6.45) is 0. The fraction of sp³-hybridized carbons (Fsp3) is 0.333. The van der Waals surface area contributed by atoms with Crippen molar-refractivity contribution in [2.45, 2.75) is 13.5 Å². The van der Waals surface area contributed by atoms with Gasteiger partial charge in [-0.25, -0.2) is 0 Å². The van der Waals surface area contributed by atoms with Gasteiger partial charge >= 0.3 is 0 Å². The first-order chi connectivity index (χ1) is 9.72. The molecule has 0 saturated heterocycles. The van der Waals surface area contributed by atoms with Gasteiger partial charge in [0.25, 0.3) is 0 Å². The molecule has 0 aliphatic rings. The number of methoxy groups -OCH3 is 1. The molecule has 1 aromatic heterocycles. The lowest BCUT2D eigenvalue weighted by atomic mass is 10.2. The van der Waals surface area contributed by atoms with E-state index in [2.05, 4.69) is 5.32 Å². The van der Waals surface area contributed by atoms with E-state index < -0.39 is 0 Å². The predicted octanol–water partition coefficient (Wildman–Crippen LogP) is 2.58. The predicted molar refractivity (Wildman–Crippen MR) is 76.3 cm³/mol. The van der Waals surface area contributed by atoms with Crippen LogP contribution in [0.5, 0.6) is 11.5 Å². The van der Waals surface area contributed by atoms with E-state index >= 15 is 0 Å². The molecule has 2 aromatic rings. The second-order valence-corrected chi connectivity index (χ2v) is 4.30. The molecule has 2 rings (SSSR count). The average Bonchev–Trinajstić information content (AvgIpc) is 2.88. The number of hydrogen-bond donors (Lipinski definition) is 2. The largest absolute Gasteiger partial charge is 0.493 e. The third-order valence-corrected chi connectivity index (χ3v) is 2.78. The first-order valence-corrected chi connectivity index (χ1v) is 6.44. The molecule has 0 bridgehead atoms. The first kappa shape index (κ1) is 14.3. The van der Waals surface area contributed by atoms with Crippen molar-refractivity contribution in [1.29, 1.82) is 0 Å². The molecule has 0 unspecified atom stereocenters. The van der Waals surface area contributed by atoms with Crippen LogP contribution in [0, 0.1) is 6.92 Å². The quantitative estimate of drug-likeness (QED) is 0.814. The maximum Gasteiger partial charge on any atom is 0.163 e. The summed E-state index contributed by atoms with van der Waals surface area (Å²) in [5.74, 6) is 3.00. The number of hydrogen-bond acceptors (Lipinski definition) is 5. The SMILES string of the molecule is COc1ccc(NCc2ccc(C)o2)cc1OCCO. The molecule has 108 valence electrons. The topological polar surface area (TPSA) is 63.9 Å². The monoisotopic (exact) mass is 277 g/mol. The van der Waals surface area contributed by atoms with E-state index in [0.29, 0.717) is 18.0 Å². The minimum atomic E-state index is -0.0352. The summed E-state index contributed by atoms with van der Waals surface area (Å²) in [5.41, 5.74) is 0.896. The number of nitrogens with one attached hydrogen (secondary N) is 1. The highest BCUT2D eigenvalue weighted by Gasteiger charge is 2.06. The molecule has 20 heavy (non-hydrogen) atoms. The van der Waals surface area contributed by atoms with Crippen molar-refractivity contribution < 1.29 is 19.0 Å². The van der Waals surface area contributed by atoms with Crippen LogP contribution in [0.25, 0.3) is 0 Å². The molecule has 2 N–H and O–H groups in total. The van der Waals surface area contributed by atoms with Crippen LogP contribution in [0.2, 0.25) is 0 Å². The molecule has 0 aliphatic heterocycles. The van der Waals surface area contributed by atoms with Gasteiger partial charge in [0.15, 0.2) is 11.5 Å². The fourth-order valence-electron chi connectivity index (χ4n) is 1.82. The second-order valence-electron chi connectivity index (χ2n) is 4.30. The Labute approximate surface area is 118 Å². The minimum absolute atomic E-state index is 0.0352. The second kappa shape index (κ2) is 6.86. The lowest BCUT2D eigenvalue weighted by molar-refractivity contribution is 0.196. The highest BCUT2D eigenvalue weighted by Crippen LogP contribution is 2.30. The zero-order valence-electron chi connectivity index (χ0n) is 11.7. The van der Waals surface area contributed by atoms with E-state index in [9.17, 15) is 0 Å². The van der Waals surface area contributed by atoms with E-state index in [1.54, 1.807) is 7.11 Å². The van der Waals surface area contributed by atoms with Crippen LogP contribution in [0.4, 0.5) is 5.69 Å². The number of aryl methyl sites for hydroxylation is 1. The van der Waals surface area contributed by atoms with Crippen molar-refractivity contribution in [2.75, 3.05) is 25.6 Å². The number of ether oxygens (including phenoxy) is 2. The van der Waals surface area contributed by atoms with Gasteiger partial charge in [0.05, 0.1) is 20.3 Å². The van der Waals surface area contributed by atoms with Gasteiger partial charge in [-0.2, -0.15) is 0 Å². The summed E-state index contributed by atoms with van der Waals surface area (Å²) in [6, 6.07) is 9.43. The number of aliphatic hydroxyl groups excluding tert-OH is 1. The molecule has 1 heterocycles. The summed E-state index contributed by atoms with van der Waals surface area (Å²) < 4.78 is 16.1. The van der Waals surface area contributed by atoms with Crippen molar-refractivity contribution in [3.05, 3.63) is 41.9 Å². The van der Waals surface area contributed by atoms with Crippen LogP contribution < -0.4 is 14.8 Å². The number of rotatable bonds is 7. The summed E-state index contributed by atoms with van der Waals surface area (Å²) >= 11 is 0. The maximum atomic E-state index is 8.82. The Hall–Kier alpha value is -2.14. The van der Waals surface area contributed by atoms with Gasteiger partial charge in [-0.05, 0) is 31.2 Å². The Bertz CT molecular complexity index is 551. The van der Waals surface area contributed by atoms with Crippen molar-refractivity contribution in [3.63, 3.8) is 0 Å². The van der Waals surface area contributed by atoms with Crippen LogP contribution in [0.1, 0.15) is 11.5 Å². The van der Waals surface area contributed by atoms with Gasteiger partial charge in [-0.3, -0.25) is 0 Å². The molecule has 5 heteroatoms. The Morgan fingerprint density at radius 1 is 1.20 bits per heavy atom. The minimum Gasteiger partial charge on any atom is -0.493 e. The standard InChI is InChI=1S/C15H19NO4/c1-11-3-5-13(20-11)10-16-12-4-6-14(18-2)15(9-12)19-8-7-17/h3-6,9,16-17H,7-8,10H2,1-2H3.